The molecule has 0 fully saturated rings. The summed E-state index contributed by atoms with van der Waals surface area (Å²) in [6.07, 6.45) is 0.582. The van der Waals surface area contributed by atoms with E-state index in [1.165, 1.54) is 41.3 Å². The lowest BCUT2D eigenvalue weighted by Crippen LogP contribution is -2.55. The van der Waals surface area contributed by atoms with Crippen molar-refractivity contribution in [3.05, 3.63) is 69.8 Å². The van der Waals surface area contributed by atoms with Crippen molar-refractivity contribution in [3.8, 4) is 5.75 Å². The number of primary amides is 1. The largest absolute Gasteiger partial charge is 0.508 e. The Hall–Kier alpha value is -5.78. The molecule has 0 radical (unpaired) electrons. The summed E-state index contributed by atoms with van der Waals surface area (Å²) >= 11 is 0. The molecule has 0 unspecified atom stereocenters. The van der Waals surface area contributed by atoms with E-state index < -0.39 is 59.2 Å². The van der Waals surface area contributed by atoms with Crippen LogP contribution in [-0.4, -0.2) is 93.4 Å². The summed E-state index contributed by atoms with van der Waals surface area (Å²) in [6.45, 7) is 2.48. The molecule has 12 N–H and O–H groups in total. The number of phenolic OH excluding ortho intramolecular Hbond substituents is 1. The number of hydrogen-bond donors (Lipinski definition) is 8. The van der Waals surface area contributed by atoms with Crippen LogP contribution >= 0.6 is 0 Å². The lowest BCUT2D eigenvalue weighted by atomic mass is 10.0. The van der Waals surface area contributed by atoms with Crippen LogP contribution in [0.3, 0.4) is 0 Å². The Morgan fingerprint density at radius 3 is 2.00 bits per heavy atom. The van der Waals surface area contributed by atoms with E-state index in [2.05, 4.69) is 15.6 Å². The Bertz CT molecular complexity index is 1430. The molecule has 0 heterocycles. The zero-order chi connectivity index (χ0) is 36.4. The van der Waals surface area contributed by atoms with E-state index >= 15 is 0 Å². The molecular weight excluding hydrogens is 630 g/mol. The molecule has 0 aliphatic rings. The fraction of sp³-hybridized carbons (Fsp3) is 0.400. The molecular formula is C30H43N9O9. The Labute approximate surface area is 276 Å². The topological polar surface area (TPSA) is 313 Å². The lowest BCUT2D eigenvalue weighted by molar-refractivity contribution is -0.384. The highest BCUT2D eigenvalue weighted by Gasteiger charge is 2.29. The Balaban J connectivity index is 0.00000272. The molecule has 0 aromatic heterocycles. The summed E-state index contributed by atoms with van der Waals surface area (Å²) in [5.74, 6) is -3.59. The summed E-state index contributed by atoms with van der Waals surface area (Å²) in [6, 6.07) is 8.48. The third-order valence-electron chi connectivity index (χ3n) is 6.66. The van der Waals surface area contributed by atoms with Crippen LogP contribution in [0.4, 0.5) is 5.69 Å². The molecule has 18 nitrogen and oxygen atoms in total. The number of carboxylic acid groups (broad SMARTS) is 1. The van der Waals surface area contributed by atoms with Crippen molar-refractivity contribution < 1.29 is 39.1 Å². The number of nitro groups is 1. The number of guanidine groups is 1. The van der Waals surface area contributed by atoms with Gasteiger partial charge in [0.15, 0.2) is 5.96 Å². The number of aliphatic carboxylic acids is 1. The van der Waals surface area contributed by atoms with Gasteiger partial charge in [-0.1, -0.05) is 24.3 Å². The molecule has 2 aromatic carbocycles. The summed E-state index contributed by atoms with van der Waals surface area (Å²) in [5.41, 5.74) is 23.5. The van der Waals surface area contributed by atoms with Crippen LogP contribution in [0, 0.1) is 10.1 Å². The SMILES string of the molecule is CC(=O)O.CCN(C(=O)CNC(=O)[C@@H](CCCN=C(N)N)NC(=O)[C@@H](N)Cc1ccc(O)cc1)[C@H](Cc1ccc([N+](=O)[O-])cc1)C(N)=O. The molecule has 0 aliphatic carbocycles. The van der Waals surface area contributed by atoms with Gasteiger partial charge in [-0.15, -0.1) is 0 Å². The number of rotatable bonds is 17. The lowest BCUT2D eigenvalue weighted by Gasteiger charge is -2.29. The predicted octanol–water partition coefficient (Wildman–Crippen LogP) is -1.14. The van der Waals surface area contributed by atoms with Crippen molar-refractivity contribution in [2.24, 2.45) is 27.9 Å². The first-order chi connectivity index (χ1) is 22.5. The van der Waals surface area contributed by atoms with Crippen molar-refractivity contribution in [1.29, 1.82) is 0 Å². The van der Waals surface area contributed by atoms with Crippen LogP contribution in [0.5, 0.6) is 5.75 Å². The summed E-state index contributed by atoms with van der Waals surface area (Å²) in [7, 11) is 0. The number of non-ortho nitro benzene ring substituents is 1. The third-order valence-corrected chi connectivity index (χ3v) is 6.66. The van der Waals surface area contributed by atoms with Gasteiger partial charge >= 0.3 is 0 Å². The average molecular weight is 674 g/mol. The number of nitrogens with one attached hydrogen (secondary N) is 2. The molecule has 4 amide bonds. The first-order valence-electron chi connectivity index (χ1n) is 14.7. The Morgan fingerprint density at radius 1 is 0.958 bits per heavy atom. The number of nitrogens with two attached hydrogens (primary N) is 4. The van der Waals surface area contributed by atoms with E-state index in [1.807, 2.05) is 0 Å². The number of amides is 4. The van der Waals surface area contributed by atoms with Gasteiger partial charge in [0.25, 0.3) is 11.7 Å². The number of nitro benzene ring substituents is 1. The minimum atomic E-state index is -1.09. The van der Waals surface area contributed by atoms with E-state index in [4.69, 9.17) is 32.8 Å². The number of carboxylic acids is 1. The van der Waals surface area contributed by atoms with Crippen LogP contribution in [0.25, 0.3) is 0 Å². The summed E-state index contributed by atoms with van der Waals surface area (Å²) < 4.78 is 0. The van der Waals surface area contributed by atoms with Gasteiger partial charge in [0, 0.05) is 38.6 Å². The van der Waals surface area contributed by atoms with Crippen LogP contribution in [0.15, 0.2) is 53.5 Å². The van der Waals surface area contributed by atoms with Crippen molar-refractivity contribution >= 4 is 41.2 Å². The van der Waals surface area contributed by atoms with Crippen molar-refractivity contribution in [2.45, 2.75) is 57.7 Å². The van der Waals surface area contributed by atoms with Gasteiger partial charge in [-0.25, -0.2) is 0 Å². The molecule has 0 bridgehead atoms. The number of carbonyl (C=O) groups is 5. The number of benzene rings is 2. The maximum atomic E-state index is 13.1. The fourth-order valence-electron chi connectivity index (χ4n) is 4.33. The molecule has 2 rings (SSSR count). The number of phenols is 1. The average Bonchev–Trinajstić information content (AvgIpc) is 3.01. The smallest absolute Gasteiger partial charge is 0.300 e. The zero-order valence-corrected chi connectivity index (χ0v) is 26.7. The van der Waals surface area contributed by atoms with Crippen molar-refractivity contribution in [2.75, 3.05) is 19.6 Å². The van der Waals surface area contributed by atoms with Crippen LogP contribution in [0.2, 0.25) is 0 Å². The molecule has 262 valence electrons. The molecule has 0 aliphatic heterocycles. The standard InChI is InChI=1S/C28H39N9O7.C2H4O2/c1-2-36(23(25(30)40)15-18-5-9-19(10-6-18)37(43)44)24(39)16-34-27(42)22(4-3-13-33-28(31)32)35-26(41)21(29)14-17-7-11-20(38)12-8-17;1-2(3)4/h5-12,21-23,38H,2-4,13-16,29H2,1H3,(H2,30,40)(H,34,42)(H,35,41)(H4,31,32,33);1H3,(H,3,4)/t21-,22+,23+;/m0./s1. The minimum absolute atomic E-state index is 0.00322. The van der Waals surface area contributed by atoms with Crippen LogP contribution in [0.1, 0.15) is 37.8 Å². The molecule has 3 atom stereocenters. The highest BCUT2D eigenvalue weighted by Crippen LogP contribution is 2.16. The Morgan fingerprint density at radius 2 is 1.50 bits per heavy atom. The van der Waals surface area contributed by atoms with Crippen LogP contribution < -0.4 is 33.6 Å². The number of nitrogens with zero attached hydrogens (tertiary/aromatic N) is 3. The number of likely N-dealkylation sites (N-methyl/N-ethyl adjacent to an activating group) is 1. The highest BCUT2D eigenvalue weighted by atomic mass is 16.6. The second kappa shape index (κ2) is 20.4. The summed E-state index contributed by atoms with van der Waals surface area (Å²) in [4.78, 5) is 75.8. The van der Waals surface area contributed by atoms with Gasteiger partial charge in [0.1, 0.15) is 17.8 Å². The molecule has 48 heavy (non-hydrogen) atoms. The molecule has 2 aromatic rings. The highest BCUT2D eigenvalue weighted by molar-refractivity contribution is 5.93. The second-order valence-corrected chi connectivity index (χ2v) is 10.4. The number of aliphatic imine (C=N–C) groups is 1. The van der Waals surface area contributed by atoms with Gasteiger partial charge in [0.2, 0.25) is 23.6 Å². The predicted molar refractivity (Wildman–Crippen MR) is 175 cm³/mol. The molecule has 0 saturated heterocycles. The Kier molecular flexibility index (Phi) is 17.1. The molecule has 18 heteroatoms. The number of hydrogen-bond acceptors (Lipinski definition) is 10. The maximum absolute atomic E-state index is 13.1. The number of carbonyl (C=O) groups excluding carboxylic acids is 4. The van der Waals surface area contributed by atoms with Gasteiger partial charge in [-0.3, -0.25) is 39.1 Å². The van der Waals surface area contributed by atoms with Gasteiger partial charge in [-0.2, -0.15) is 0 Å². The first-order valence-corrected chi connectivity index (χ1v) is 14.7. The van der Waals surface area contributed by atoms with E-state index in [0.717, 1.165) is 6.92 Å². The monoisotopic (exact) mass is 673 g/mol. The second-order valence-electron chi connectivity index (χ2n) is 10.4. The van der Waals surface area contributed by atoms with Crippen molar-refractivity contribution in [1.82, 2.24) is 15.5 Å². The van der Waals surface area contributed by atoms with Gasteiger partial charge in [-0.05, 0) is 49.4 Å². The fourth-order valence-corrected chi connectivity index (χ4v) is 4.33. The van der Waals surface area contributed by atoms with E-state index in [9.17, 15) is 34.4 Å². The van der Waals surface area contributed by atoms with Gasteiger partial charge in [0.05, 0.1) is 17.5 Å². The quantitative estimate of drug-likeness (QED) is 0.0325. The zero-order valence-electron chi connectivity index (χ0n) is 26.7. The van der Waals surface area contributed by atoms with E-state index in [0.29, 0.717) is 17.5 Å². The van der Waals surface area contributed by atoms with E-state index in [-0.39, 0.29) is 49.7 Å². The molecule has 0 saturated carbocycles. The minimum Gasteiger partial charge on any atom is -0.508 e. The molecule has 0 spiro atoms. The van der Waals surface area contributed by atoms with Crippen molar-refractivity contribution in [3.63, 3.8) is 0 Å². The third kappa shape index (κ3) is 15.0. The number of aromatic hydroxyl groups is 1. The van der Waals surface area contributed by atoms with Gasteiger partial charge < -0.3 is 48.7 Å². The first kappa shape index (κ1) is 40.2. The van der Waals surface area contributed by atoms with E-state index in [1.54, 1.807) is 19.1 Å². The normalized spacial score (nSPS) is 12.1. The summed E-state index contributed by atoms with van der Waals surface area (Å²) in [5, 5.41) is 32.9. The van der Waals surface area contributed by atoms with Crippen LogP contribution in [-0.2, 0) is 36.8 Å². The maximum Gasteiger partial charge on any atom is 0.300 e.